The Balaban J connectivity index is 1.01. The second kappa shape index (κ2) is 11.6. The van der Waals surface area contributed by atoms with Crippen LogP contribution in [-0.2, 0) is 14.3 Å². The molecule has 40 heavy (non-hydrogen) atoms. The molecule has 1 saturated carbocycles. The predicted molar refractivity (Wildman–Crippen MR) is 156 cm³/mol. The summed E-state index contributed by atoms with van der Waals surface area (Å²) >= 11 is 0. The molecule has 4 fully saturated rings. The molecule has 0 aromatic heterocycles. The number of imide groups is 1. The van der Waals surface area contributed by atoms with E-state index >= 15 is 0 Å². The van der Waals surface area contributed by atoms with E-state index in [4.69, 9.17) is 4.74 Å². The van der Waals surface area contributed by atoms with Crippen LogP contribution >= 0.6 is 0 Å². The third-order valence-electron chi connectivity index (χ3n) is 9.43. The van der Waals surface area contributed by atoms with Crippen molar-refractivity contribution < 1.29 is 19.1 Å². The molecule has 9 heteroatoms. The molecule has 0 bridgehead atoms. The molecule has 1 aliphatic carbocycles. The molecule has 4 aliphatic rings. The first-order chi connectivity index (χ1) is 19.0. The fourth-order valence-electron chi connectivity index (χ4n) is 7.05. The van der Waals surface area contributed by atoms with Gasteiger partial charge in [-0.05, 0) is 114 Å². The number of carbonyl (C=O) groups excluding carboxylic acids is 3. The van der Waals surface area contributed by atoms with Gasteiger partial charge >= 0.3 is 6.09 Å². The topological polar surface area (TPSA) is 94.2 Å². The number of likely N-dealkylation sites (tertiary alicyclic amines) is 1. The van der Waals surface area contributed by atoms with Crippen molar-refractivity contribution in [1.29, 1.82) is 0 Å². The molecule has 1 aromatic rings. The van der Waals surface area contributed by atoms with Gasteiger partial charge in [0.25, 0.3) is 0 Å². The maximum absolute atomic E-state index is 12.2. The maximum Gasteiger partial charge on any atom is 0.407 e. The quantitative estimate of drug-likeness (QED) is 0.516. The monoisotopic (exact) mass is 553 g/mol. The smallest absolute Gasteiger partial charge is 0.407 e. The minimum absolute atomic E-state index is 0.182. The molecule has 9 nitrogen and oxygen atoms in total. The number of amides is 3. The van der Waals surface area contributed by atoms with Crippen LogP contribution in [-0.4, -0.2) is 80.3 Å². The molecule has 220 valence electrons. The van der Waals surface area contributed by atoms with Gasteiger partial charge in [0.15, 0.2) is 0 Å². The highest BCUT2D eigenvalue weighted by atomic mass is 16.6. The van der Waals surface area contributed by atoms with Crippen LogP contribution in [0.5, 0.6) is 0 Å². The third kappa shape index (κ3) is 6.90. The average molecular weight is 554 g/mol. The number of benzene rings is 1. The Hall–Kier alpha value is -2.81. The summed E-state index contributed by atoms with van der Waals surface area (Å²) in [6.07, 6.45) is 7.71. The fourth-order valence-corrected chi connectivity index (χ4v) is 7.05. The van der Waals surface area contributed by atoms with Crippen LogP contribution in [0.3, 0.4) is 0 Å². The van der Waals surface area contributed by atoms with Crippen molar-refractivity contribution in [2.45, 2.75) is 89.8 Å². The lowest BCUT2D eigenvalue weighted by Crippen LogP contribution is -2.55. The zero-order chi connectivity index (χ0) is 28.5. The lowest BCUT2D eigenvalue weighted by Gasteiger charge is -2.52. The molecule has 1 atom stereocenters. The fraction of sp³-hybridized carbons (Fsp3) is 0.710. The van der Waals surface area contributed by atoms with Gasteiger partial charge in [0, 0.05) is 50.5 Å². The van der Waals surface area contributed by atoms with E-state index < -0.39 is 5.60 Å². The molecule has 3 saturated heterocycles. The van der Waals surface area contributed by atoms with Gasteiger partial charge in [-0.25, -0.2) is 4.79 Å². The first-order valence-corrected chi connectivity index (χ1v) is 15.1. The number of piperidine rings is 3. The molecular formula is C31H47N5O4. The number of alkyl carbamates (subject to hydrolysis) is 1. The maximum atomic E-state index is 12.2. The summed E-state index contributed by atoms with van der Waals surface area (Å²) in [5, 5.41) is 5.51. The van der Waals surface area contributed by atoms with Gasteiger partial charge in [0.05, 0.1) is 0 Å². The molecule has 1 spiro atoms. The van der Waals surface area contributed by atoms with Gasteiger partial charge < -0.3 is 24.8 Å². The second-order valence-corrected chi connectivity index (χ2v) is 13.6. The standard InChI is InChI=1S/C31H47N5O4/c1-30(2,3)40-29(39)32-23-19-31(20-23)13-17-35(18-14-31)21-22-11-15-36(16-12-22)25-7-5-24(6-8-25)34(4)26-9-10-27(37)33-28(26)38/h5-8,22-23,26H,9-21H2,1-4H3,(H,32,39)(H,33,37,38). The normalized spacial score (nSPS) is 24.4. The summed E-state index contributed by atoms with van der Waals surface area (Å²) in [6, 6.07) is 8.45. The van der Waals surface area contributed by atoms with Crippen LogP contribution in [0.1, 0.15) is 72.1 Å². The Morgan fingerprint density at radius 1 is 1.05 bits per heavy atom. The van der Waals surface area contributed by atoms with Crippen LogP contribution in [0, 0.1) is 11.3 Å². The Bertz CT molecular complexity index is 1060. The zero-order valence-electron chi connectivity index (χ0n) is 24.7. The lowest BCUT2D eigenvalue weighted by atomic mass is 9.60. The second-order valence-electron chi connectivity index (χ2n) is 13.6. The lowest BCUT2D eigenvalue weighted by molar-refractivity contribution is -0.134. The Labute approximate surface area is 239 Å². The van der Waals surface area contributed by atoms with Gasteiger partial charge in [0.2, 0.25) is 11.8 Å². The Kier molecular flexibility index (Phi) is 8.32. The van der Waals surface area contributed by atoms with Crippen LogP contribution in [0.4, 0.5) is 16.2 Å². The van der Waals surface area contributed by atoms with Crippen LogP contribution in [0.15, 0.2) is 24.3 Å². The molecule has 0 radical (unpaired) electrons. The van der Waals surface area contributed by atoms with Crippen molar-refractivity contribution in [3.63, 3.8) is 0 Å². The molecule has 5 rings (SSSR count). The molecule has 2 N–H and O–H groups in total. The summed E-state index contributed by atoms with van der Waals surface area (Å²) < 4.78 is 5.41. The van der Waals surface area contributed by atoms with E-state index in [-0.39, 0.29) is 30.0 Å². The van der Waals surface area contributed by atoms with Gasteiger partial charge in [-0.2, -0.15) is 0 Å². The first-order valence-electron chi connectivity index (χ1n) is 15.1. The molecule has 1 unspecified atom stereocenters. The predicted octanol–water partition coefficient (Wildman–Crippen LogP) is 3.91. The van der Waals surface area contributed by atoms with E-state index in [1.165, 1.54) is 51.0 Å². The van der Waals surface area contributed by atoms with E-state index in [9.17, 15) is 14.4 Å². The van der Waals surface area contributed by atoms with Crippen molar-refractivity contribution in [2.24, 2.45) is 11.3 Å². The minimum Gasteiger partial charge on any atom is -0.444 e. The number of ether oxygens (including phenoxy) is 1. The summed E-state index contributed by atoms with van der Waals surface area (Å²) in [7, 11) is 1.92. The summed E-state index contributed by atoms with van der Waals surface area (Å²) in [5.41, 5.74) is 2.19. The molecule has 1 aromatic carbocycles. The number of rotatable bonds is 6. The Morgan fingerprint density at radius 2 is 1.70 bits per heavy atom. The van der Waals surface area contributed by atoms with Crippen molar-refractivity contribution in [3.8, 4) is 0 Å². The number of hydrogen-bond acceptors (Lipinski definition) is 7. The third-order valence-corrected chi connectivity index (χ3v) is 9.43. The number of hydrogen-bond donors (Lipinski definition) is 2. The van der Waals surface area contributed by atoms with Crippen molar-refractivity contribution in [2.75, 3.05) is 49.6 Å². The SMILES string of the molecule is CN(c1ccc(N2CCC(CN3CCC4(CC3)CC(NC(=O)OC(C)(C)C)C4)CC2)cc1)C1CCC(=O)NC1=O. The summed E-state index contributed by atoms with van der Waals surface area (Å²) in [6.45, 7) is 11.4. The summed E-state index contributed by atoms with van der Waals surface area (Å²) in [5.74, 6) is 0.353. The van der Waals surface area contributed by atoms with Crippen molar-refractivity contribution in [1.82, 2.24) is 15.5 Å². The number of carbonyl (C=O) groups is 3. The minimum atomic E-state index is -0.450. The van der Waals surface area contributed by atoms with Crippen LogP contribution < -0.4 is 20.4 Å². The molecular weight excluding hydrogens is 506 g/mol. The Morgan fingerprint density at radius 3 is 2.30 bits per heavy atom. The van der Waals surface area contributed by atoms with E-state index in [1.54, 1.807) is 0 Å². The van der Waals surface area contributed by atoms with E-state index in [0.29, 0.717) is 18.3 Å². The van der Waals surface area contributed by atoms with Gasteiger partial charge in [-0.3, -0.25) is 14.9 Å². The van der Waals surface area contributed by atoms with Gasteiger partial charge in [-0.1, -0.05) is 0 Å². The molecule has 3 heterocycles. The zero-order valence-corrected chi connectivity index (χ0v) is 24.7. The van der Waals surface area contributed by atoms with E-state index in [0.717, 1.165) is 37.5 Å². The largest absolute Gasteiger partial charge is 0.444 e. The molecule has 3 aliphatic heterocycles. The highest BCUT2D eigenvalue weighted by Crippen LogP contribution is 2.49. The summed E-state index contributed by atoms with van der Waals surface area (Å²) in [4.78, 5) is 42.9. The van der Waals surface area contributed by atoms with Crippen LogP contribution in [0.2, 0.25) is 0 Å². The molecule has 3 amide bonds. The van der Waals surface area contributed by atoms with Crippen molar-refractivity contribution in [3.05, 3.63) is 24.3 Å². The first kappa shape index (κ1) is 28.7. The number of likely N-dealkylation sites (N-methyl/N-ethyl adjacent to an activating group) is 1. The van der Waals surface area contributed by atoms with Gasteiger partial charge in [0.1, 0.15) is 11.6 Å². The van der Waals surface area contributed by atoms with E-state index in [2.05, 4.69) is 44.7 Å². The van der Waals surface area contributed by atoms with Crippen molar-refractivity contribution >= 4 is 29.3 Å². The van der Waals surface area contributed by atoms with E-state index in [1.807, 2.05) is 32.7 Å². The highest BCUT2D eigenvalue weighted by Gasteiger charge is 2.46. The number of nitrogens with one attached hydrogen (secondary N) is 2. The number of anilines is 2. The average Bonchev–Trinajstić information content (AvgIpc) is 2.88. The number of nitrogens with zero attached hydrogens (tertiary/aromatic N) is 3. The van der Waals surface area contributed by atoms with Crippen LogP contribution in [0.25, 0.3) is 0 Å². The van der Waals surface area contributed by atoms with Gasteiger partial charge in [-0.15, -0.1) is 0 Å². The highest BCUT2D eigenvalue weighted by molar-refractivity contribution is 6.01.